The highest BCUT2D eigenvalue weighted by Gasteiger charge is 2.09. The number of carbonyl (C=O) groups is 2. The second kappa shape index (κ2) is 8.47. The van der Waals surface area contributed by atoms with Crippen LogP contribution in [0.5, 0.6) is 0 Å². The van der Waals surface area contributed by atoms with Crippen molar-refractivity contribution >= 4 is 29.1 Å². The Hall–Kier alpha value is -2.37. The van der Waals surface area contributed by atoms with Crippen LogP contribution < -0.4 is 16.0 Å². The van der Waals surface area contributed by atoms with Gasteiger partial charge in [-0.05, 0) is 48.9 Å². The van der Waals surface area contributed by atoms with Crippen molar-refractivity contribution in [2.45, 2.75) is 13.0 Å². The standard InChI is InChI=1S/C18H20ClN3O2/c1-12(14-4-3-5-15(19)10-14)21-11-17(23)22-16-8-6-13(7-9-16)18(24)20-2/h3-10,12,21H,11H2,1-2H3,(H,20,24)(H,22,23)/t12-/m0/s1. The van der Waals surface area contributed by atoms with Gasteiger partial charge in [0.2, 0.25) is 5.91 Å². The van der Waals surface area contributed by atoms with Crippen molar-refractivity contribution < 1.29 is 9.59 Å². The van der Waals surface area contributed by atoms with Gasteiger partial charge in [0, 0.05) is 29.4 Å². The van der Waals surface area contributed by atoms with Crippen molar-refractivity contribution in [2.24, 2.45) is 0 Å². The normalized spacial score (nSPS) is 11.6. The second-order valence-corrected chi connectivity index (χ2v) is 5.80. The van der Waals surface area contributed by atoms with Crippen LogP contribution in [0.2, 0.25) is 5.02 Å². The Morgan fingerprint density at radius 1 is 1.12 bits per heavy atom. The number of rotatable bonds is 6. The third kappa shape index (κ3) is 5.08. The van der Waals surface area contributed by atoms with Crippen molar-refractivity contribution in [1.29, 1.82) is 0 Å². The zero-order valence-electron chi connectivity index (χ0n) is 13.6. The molecule has 0 spiro atoms. The average Bonchev–Trinajstić information content (AvgIpc) is 2.59. The smallest absolute Gasteiger partial charge is 0.251 e. The van der Waals surface area contributed by atoms with E-state index in [4.69, 9.17) is 11.6 Å². The Kier molecular flexibility index (Phi) is 6.35. The lowest BCUT2D eigenvalue weighted by molar-refractivity contribution is -0.115. The summed E-state index contributed by atoms with van der Waals surface area (Å²) in [4.78, 5) is 23.5. The monoisotopic (exact) mass is 345 g/mol. The van der Waals surface area contributed by atoms with Crippen LogP contribution in [-0.4, -0.2) is 25.4 Å². The molecule has 0 saturated carbocycles. The largest absolute Gasteiger partial charge is 0.355 e. The van der Waals surface area contributed by atoms with E-state index in [-0.39, 0.29) is 24.4 Å². The number of hydrogen-bond donors (Lipinski definition) is 3. The molecule has 0 unspecified atom stereocenters. The van der Waals surface area contributed by atoms with Crippen LogP contribution in [0.1, 0.15) is 28.9 Å². The van der Waals surface area contributed by atoms with E-state index >= 15 is 0 Å². The molecule has 126 valence electrons. The highest BCUT2D eigenvalue weighted by Crippen LogP contribution is 2.17. The number of halogens is 1. The number of nitrogens with one attached hydrogen (secondary N) is 3. The number of hydrogen-bond acceptors (Lipinski definition) is 3. The molecule has 0 saturated heterocycles. The minimum atomic E-state index is -0.162. The van der Waals surface area contributed by atoms with Crippen molar-refractivity contribution in [1.82, 2.24) is 10.6 Å². The predicted molar refractivity (Wildman–Crippen MR) is 96.3 cm³/mol. The molecule has 0 aliphatic carbocycles. The lowest BCUT2D eigenvalue weighted by Crippen LogP contribution is -2.30. The van der Waals surface area contributed by atoms with E-state index in [0.29, 0.717) is 16.3 Å². The van der Waals surface area contributed by atoms with Crippen LogP contribution in [0.3, 0.4) is 0 Å². The average molecular weight is 346 g/mol. The summed E-state index contributed by atoms with van der Waals surface area (Å²) in [5.74, 6) is -0.318. The third-order valence-electron chi connectivity index (χ3n) is 3.58. The van der Waals surface area contributed by atoms with E-state index in [1.54, 1.807) is 31.3 Å². The van der Waals surface area contributed by atoms with Gasteiger partial charge in [0.05, 0.1) is 6.54 Å². The van der Waals surface area contributed by atoms with Gasteiger partial charge in [0.15, 0.2) is 0 Å². The van der Waals surface area contributed by atoms with Gasteiger partial charge in [-0.25, -0.2) is 0 Å². The van der Waals surface area contributed by atoms with Gasteiger partial charge in [-0.15, -0.1) is 0 Å². The van der Waals surface area contributed by atoms with E-state index in [2.05, 4.69) is 16.0 Å². The first-order valence-electron chi connectivity index (χ1n) is 7.60. The van der Waals surface area contributed by atoms with E-state index in [0.717, 1.165) is 5.56 Å². The minimum absolute atomic E-state index is 0.00470. The van der Waals surface area contributed by atoms with Gasteiger partial charge >= 0.3 is 0 Å². The predicted octanol–water partition coefficient (Wildman–Crippen LogP) is 2.99. The van der Waals surface area contributed by atoms with Gasteiger partial charge in [0.25, 0.3) is 5.91 Å². The molecule has 1 atom stereocenters. The fraction of sp³-hybridized carbons (Fsp3) is 0.222. The summed E-state index contributed by atoms with van der Waals surface area (Å²) in [6.45, 7) is 2.14. The maximum Gasteiger partial charge on any atom is 0.251 e. The highest BCUT2D eigenvalue weighted by atomic mass is 35.5. The van der Waals surface area contributed by atoms with Crippen molar-refractivity contribution in [2.75, 3.05) is 18.9 Å². The van der Waals surface area contributed by atoms with Crippen LogP contribution in [0.15, 0.2) is 48.5 Å². The molecule has 2 amide bonds. The van der Waals surface area contributed by atoms with Crippen LogP contribution in [0.4, 0.5) is 5.69 Å². The topological polar surface area (TPSA) is 70.2 Å². The molecule has 3 N–H and O–H groups in total. The lowest BCUT2D eigenvalue weighted by atomic mass is 10.1. The van der Waals surface area contributed by atoms with E-state index < -0.39 is 0 Å². The molecule has 0 radical (unpaired) electrons. The summed E-state index contributed by atoms with van der Waals surface area (Å²) >= 11 is 5.97. The summed E-state index contributed by atoms with van der Waals surface area (Å²) in [5.41, 5.74) is 2.21. The summed E-state index contributed by atoms with van der Waals surface area (Å²) in [7, 11) is 1.57. The van der Waals surface area contributed by atoms with Gasteiger partial charge in [-0.1, -0.05) is 23.7 Å². The zero-order chi connectivity index (χ0) is 17.5. The van der Waals surface area contributed by atoms with Crippen LogP contribution in [-0.2, 0) is 4.79 Å². The van der Waals surface area contributed by atoms with E-state index in [1.165, 1.54) is 0 Å². The maximum atomic E-state index is 12.0. The van der Waals surface area contributed by atoms with Crippen molar-refractivity contribution in [3.05, 3.63) is 64.7 Å². The Morgan fingerprint density at radius 3 is 2.46 bits per heavy atom. The van der Waals surface area contributed by atoms with Gasteiger partial charge < -0.3 is 16.0 Å². The van der Waals surface area contributed by atoms with Gasteiger partial charge in [-0.3, -0.25) is 9.59 Å². The molecule has 2 rings (SSSR count). The number of amides is 2. The van der Waals surface area contributed by atoms with Crippen LogP contribution in [0, 0.1) is 0 Å². The lowest BCUT2D eigenvalue weighted by Gasteiger charge is -2.14. The summed E-state index contributed by atoms with van der Waals surface area (Å²) < 4.78 is 0. The molecule has 2 aromatic rings. The molecule has 0 bridgehead atoms. The SMILES string of the molecule is CNC(=O)c1ccc(NC(=O)CN[C@@H](C)c2cccc(Cl)c2)cc1. The quantitative estimate of drug-likeness (QED) is 0.753. The minimum Gasteiger partial charge on any atom is -0.355 e. The Morgan fingerprint density at radius 2 is 1.83 bits per heavy atom. The summed E-state index contributed by atoms with van der Waals surface area (Å²) in [5, 5.41) is 9.15. The molecule has 0 aromatic heterocycles. The molecule has 24 heavy (non-hydrogen) atoms. The van der Waals surface area contributed by atoms with Crippen molar-refractivity contribution in [3.8, 4) is 0 Å². The van der Waals surface area contributed by atoms with Crippen molar-refractivity contribution in [3.63, 3.8) is 0 Å². The second-order valence-electron chi connectivity index (χ2n) is 5.36. The molecule has 0 aliphatic rings. The number of carbonyl (C=O) groups excluding carboxylic acids is 2. The molecule has 5 nitrogen and oxygen atoms in total. The Balaban J connectivity index is 1.86. The first-order valence-corrected chi connectivity index (χ1v) is 7.98. The van der Waals surface area contributed by atoms with Gasteiger partial charge in [0.1, 0.15) is 0 Å². The first kappa shape index (κ1) is 18.0. The summed E-state index contributed by atoms with van der Waals surface area (Å²) in [6.07, 6.45) is 0. The van der Waals surface area contributed by atoms with Gasteiger partial charge in [-0.2, -0.15) is 0 Å². The Bertz CT molecular complexity index is 716. The Labute approximate surface area is 146 Å². The van der Waals surface area contributed by atoms with E-state index in [9.17, 15) is 9.59 Å². The molecule has 0 aliphatic heterocycles. The molecule has 2 aromatic carbocycles. The molecular formula is C18H20ClN3O2. The highest BCUT2D eigenvalue weighted by molar-refractivity contribution is 6.30. The maximum absolute atomic E-state index is 12.0. The molecule has 0 heterocycles. The number of benzene rings is 2. The fourth-order valence-corrected chi connectivity index (χ4v) is 2.39. The molecular weight excluding hydrogens is 326 g/mol. The third-order valence-corrected chi connectivity index (χ3v) is 3.81. The number of anilines is 1. The van der Waals surface area contributed by atoms with Crippen LogP contribution >= 0.6 is 11.6 Å². The molecule has 0 fully saturated rings. The fourth-order valence-electron chi connectivity index (χ4n) is 2.19. The molecule has 6 heteroatoms. The van der Waals surface area contributed by atoms with E-state index in [1.807, 2.05) is 31.2 Å². The zero-order valence-corrected chi connectivity index (χ0v) is 14.4. The first-order chi connectivity index (χ1) is 11.5. The van der Waals surface area contributed by atoms with Crippen LogP contribution in [0.25, 0.3) is 0 Å². The summed E-state index contributed by atoms with van der Waals surface area (Å²) in [6, 6.07) is 14.2.